The van der Waals surface area contributed by atoms with E-state index < -0.39 is 17.7 Å². The molecule has 0 spiro atoms. The zero-order valence-electron chi connectivity index (χ0n) is 18.1. The molecule has 29 heavy (non-hydrogen) atoms. The van der Waals surface area contributed by atoms with Gasteiger partial charge < -0.3 is 10.0 Å². The van der Waals surface area contributed by atoms with E-state index in [1.54, 1.807) is 0 Å². The third-order valence-electron chi connectivity index (χ3n) is 5.12. The third-order valence-corrected chi connectivity index (χ3v) is 5.12. The van der Waals surface area contributed by atoms with Crippen LogP contribution < -0.4 is 4.90 Å². The van der Waals surface area contributed by atoms with E-state index in [0.29, 0.717) is 13.0 Å². The van der Waals surface area contributed by atoms with Crippen LogP contribution in [0.4, 0.5) is 5.69 Å². The Morgan fingerprint density at radius 2 is 1.76 bits per heavy atom. The smallest absolute Gasteiger partial charge is 0.200 e. The molecule has 0 bridgehead atoms. The maximum absolute atomic E-state index is 12.2. The van der Waals surface area contributed by atoms with Gasteiger partial charge in [0.1, 0.15) is 0 Å². The zero-order valence-corrected chi connectivity index (χ0v) is 18.1. The number of nitrogens with zero attached hydrogens (tertiary/aromatic N) is 1. The van der Waals surface area contributed by atoms with Gasteiger partial charge in [-0.2, -0.15) is 0 Å². The standard InChI is InChI=1S/C25H35NO3/c1-5-7-8-9-10-11-15-18-24(28)20(3)23(19-25(29)21(4)27)26(6-2)22-16-13-12-14-17-22/h5,7-14,16-17,20,23-24,28H,6,15,18-19H2,1-4H3. The Kier molecular flexibility index (Phi) is 11.6. The number of Topliss-reactive ketones (excluding diaryl/α,β-unsaturated/α-hetero) is 2. The maximum Gasteiger partial charge on any atom is 0.200 e. The molecule has 0 heterocycles. The molecule has 0 radical (unpaired) electrons. The Hall–Kier alpha value is -2.46. The number of allylic oxidation sites excluding steroid dienone is 6. The number of aliphatic hydroxyl groups is 1. The van der Waals surface area contributed by atoms with E-state index in [9.17, 15) is 14.7 Å². The van der Waals surface area contributed by atoms with Crippen molar-refractivity contribution in [2.24, 2.45) is 5.92 Å². The van der Waals surface area contributed by atoms with Gasteiger partial charge in [-0.3, -0.25) is 9.59 Å². The van der Waals surface area contributed by atoms with Gasteiger partial charge in [-0.1, -0.05) is 61.6 Å². The zero-order chi connectivity index (χ0) is 21.6. The van der Waals surface area contributed by atoms with Crippen molar-refractivity contribution < 1.29 is 14.7 Å². The highest BCUT2D eigenvalue weighted by molar-refractivity contribution is 6.36. The molecule has 1 N–H and O–H groups in total. The molecule has 0 aliphatic rings. The highest BCUT2D eigenvalue weighted by Gasteiger charge is 2.31. The van der Waals surface area contributed by atoms with Crippen molar-refractivity contribution in [3.63, 3.8) is 0 Å². The average Bonchev–Trinajstić information content (AvgIpc) is 2.72. The monoisotopic (exact) mass is 397 g/mol. The molecule has 0 fully saturated rings. The number of hydrogen-bond acceptors (Lipinski definition) is 4. The van der Waals surface area contributed by atoms with Crippen molar-refractivity contribution in [2.45, 2.75) is 59.1 Å². The Morgan fingerprint density at radius 1 is 1.10 bits per heavy atom. The van der Waals surface area contributed by atoms with Gasteiger partial charge in [0.05, 0.1) is 6.10 Å². The normalized spacial score (nSPS) is 15.1. The first-order chi connectivity index (χ1) is 13.9. The van der Waals surface area contributed by atoms with Gasteiger partial charge in [0, 0.05) is 37.5 Å². The molecule has 1 rings (SSSR count). The number of carbonyl (C=O) groups excluding carboxylic acids is 2. The number of carbonyl (C=O) groups is 2. The second-order valence-electron chi connectivity index (χ2n) is 7.22. The highest BCUT2D eigenvalue weighted by Crippen LogP contribution is 2.26. The van der Waals surface area contributed by atoms with Crippen LogP contribution in [0.15, 0.2) is 66.8 Å². The number of aliphatic hydroxyl groups excluding tert-OH is 1. The maximum atomic E-state index is 12.2. The second kappa shape index (κ2) is 13.7. The van der Waals surface area contributed by atoms with Crippen LogP contribution in [0.25, 0.3) is 0 Å². The SMILES string of the molecule is CC=CC=CC=CCCC(O)C(C)C(CC(=O)C(C)=O)N(CC)c1ccccc1. The summed E-state index contributed by atoms with van der Waals surface area (Å²) in [6.07, 6.45) is 12.7. The number of hydrogen-bond donors (Lipinski definition) is 1. The van der Waals surface area contributed by atoms with E-state index in [2.05, 4.69) is 4.90 Å². The van der Waals surface area contributed by atoms with Crippen molar-refractivity contribution in [3.8, 4) is 0 Å². The molecule has 1 aromatic carbocycles. The van der Waals surface area contributed by atoms with Gasteiger partial charge in [-0.05, 0) is 38.8 Å². The van der Waals surface area contributed by atoms with Crippen LogP contribution in [0.2, 0.25) is 0 Å². The van der Waals surface area contributed by atoms with E-state index in [1.165, 1.54) is 6.92 Å². The number of anilines is 1. The summed E-state index contributed by atoms with van der Waals surface area (Å²) in [5.74, 6) is -0.987. The van der Waals surface area contributed by atoms with Crippen molar-refractivity contribution in [1.82, 2.24) is 0 Å². The summed E-state index contributed by atoms with van der Waals surface area (Å²) in [7, 11) is 0. The summed E-state index contributed by atoms with van der Waals surface area (Å²) in [4.78, 5) is 25.9. The van der Waals surface area contributed by atoms with E-state index in [-0.39, 0.29) is 18.4 Å². The van der Waals surface area contributed by atoms with Crippen molar-refractivity contribution >= 4 is 17.3 Å². The lowest BCUT2D eigenvalue weighted by atomic mass is 9.87. The molecule has 158 valence electrons. The van der Waals surface area contributed by atoms with E-state index in [1.807, 2.05) is 87.6 Å². The molecule has 3 atom stereocenters. The Bertz CT molecular complexity index is 706. The van der Waals surface area contributed by atoms with Crippen LogP contribution in [0.5, 0.6) is 0 Å². The van der Waals surface area contributed by atoms with E-state index >= 15 is 0 Å². The molecule has 0 amide bonds. The molecule has 4 heteroatoms. The Balaban J connectivity index is 2.90. The first-order valence-corrected chi connectivity index (χ1v) is 10.4. The van der Waals surface area contributed by atoms with Crippen molar-refractivity contribution in [1.29, 1.82) is 0 Å². The fourth-order valence-corrected chi connectivity index (χ4v) is 3.34. The summed E-state index contributed by atoms with van der Waals surface area (Å²) >= 11 is 0. The molecular formula is C25H35NO3. The first-order valence-electron chi connectivity index (χ1n) is 10.4. The van der Waals surface area contributed by atoms with Crippen LogP contribution in [-0.2, 0) is 9.59 Å². The summed E-state index contributed by atoms with van der Waals surface area (Å²) in [6.45, 7) is 7.95. The van der Waals surface area contributed by atoms with Gasteiger partial charge in [0.2, 0.25) is 0 Å². The lowest BCUT2D eigenvalue weighted by Gasteiger charge is -2.38. The molecular weight excluding hydrogens is 362 g/mol. The molecule has 4 nitrogen and oxygen atoms in total. The number of benzene rings is 1. The lowest BCUT2D eigenvalue weighted by molar-refractivity contribution is -0.135. The molecule has 0 aliphatic carbocycles. The van der Waals surface area contributed by atoms with Gasteiger partial charge >= 0.3 is 0 Å². The number of ketones is 2. The predicted molar refractivity (Wildman–Crippen MR) is 121 cm³/mol. The fraction of sp³-hybridized carbons (Fsp3) is 0.440. The van der Waals surface area contributed by atoms with Gasteiger partial charge in [-0.25, -0.2) is 0 Å². The summed E-state index contributed by atoms with van der Waals surface area (Å²) in [5.41, 5.74) is 0.990. The number of rotatable bonds is 13. The van der Waals surface area contributed by atoms with Crippen LogP contribution in [0.3, 0.4) is 0 Å². The third kappa shape index (κ3) is 8.61. The minimum Gasteiger partial charge on any atom is -0.393 e. The van der Waals surface area contributed by atoms with E-state index in [0.717, 1.165) is 12.1 Å². The average molecular weight is 398 g/mol. The lowest BCUT2D eigenvalue weighted by Crippen LogP contribution is -2.46. The first kappa shape index (κ1) is 24.6. The molecule has 0 saturated carbocycles. The van der Waals surface area contributed by atoms with Gasteiger partial charge in [0.15, 0.2) is 11.6 Å². The minimum absolute atomic E-state index is 0.109. The summed E-state index contributed by atoms with van der Waals surface area (Å²) < 4.78 is 0. The summed E-state index contributed by atoms with van der Waals surface area (Å²) in [5, 5.41) is 10.8. The quantitative estimate of drug-likeness (QED) is 0.380. The molecule has 3 unspecified atom stereocenters. The van der Waals surface area contributed by atoms with Crippen LogP contribution in [0, 0.1) is 5.92 Å². The largest absolute Gasteiger partial charge is 0.393 e. The fourth-order valence-electron chi connectivity index (χ4n) is 3.34. The second-order valence-corrected chi connectivity index (χ2v) is 7.22. The highest BCUT2D eigenvalue weighted by atomic mass is 16.3. The Labute approximate surface area is 175 Å². The topological polar surface area (TPSA) is 57.6 Å². The Morgan fingerprint density at radius 3 is 2.34 bits per heavy atom. The van der Waals surface area contributed by atoms with Gasteiger partial charge in [0.25, 0.3) is 0 Å². The van der Waals surface area contributed by atoms with Crippen molar-refractivity contribution in [2.75, 3.05) is 11.4 Å². The molecule has 1 aromatic rings. The molecule has 0 aliphatic heterocycles. The van der Waals surface area contributed by atoms with Crippen molar-refractivity contribution in [3.05, 3.63) is 66.8 Å². The predicted octanol–water partition coefficient (Wildman–Crippen LogP) is 4.90. The number of para-hydroxylation sites is 1. The van der Waals surface area contributed by atoms with Gasteiger partial charge in [-0.15, -0.1) is 0 Å². The minimum atomic E-state index is -0.568. The molecule has 0 saturated heterocycles. The van der Waals surface area contributed by atoms with Crippen LogP contribution >= 0.6 is 0 Å². The van der Waals surface area contributed by atoms with E-state index in [4.69, 9.17) is 0 Å². The van der Waals surface area contributed by atoms with Crippen LogP contribution in [-0.4, -0.2) is 35.4 Å². The van der Waals surface area contributed by atoms with Crippen LogP contribution in [0.1, 0.15) is 47.0 Å². The summed E-state index contributed by atoms with van der Waals surface area (Å²) in [6, 6.07) is 9.60. The molecule has 0 aromatic heterocycles.